The Hall–Kier alpha value is -1.10. The van der Waals surface area contributed by atoms with Gasteiger partial charge in [0.2, 0.25) is 5.91 Å². The molecule has 0 spiro atoms. The fourth-order valence-electron chi connectivity index (χ4n) is 2.04. The van der Waals surface area contributed by atoms with E-state index in [1.54, 1.807) is 12.1 Å². The predicted molar refractivity (Wildman–Crippen MR) is 70.1 cm³/mol. The molecule has 1 saturated heterocycles. The zero-order valence-corrected chi connectivity index (χ0v) is 10.5. The monoisotopic (exact) mass is 255 g/mol. The van der Waals surface area contributed by atoms with Crippen molar-refractivity contribution in [3.63, 3.8) is 0 Å². The van der Waals surface area contributed by atoms with E-state index in [-0.39, 0.29) is 18.3 Å². The van der Waals surface area contributed by atoms with Crippen molar-refractivity contribution in [3.8, 4) is 0 Å². The second kappa shape index (κ2) is 6.00. The van der Waals surface area contributed by atoms with Crippen LogP contribution in [0.5, 0.6) is 0 Å². The van der Waals surface area contributed by atoms with Gasteiger partial charge in [-0.15, -0.1) is 12.4 Å². The van der Waals surface area contributed by atoms with Crippen LogP contribution in [0.1, 0.15) is 22.3 Å². The first-order chi connectivity index (χ1) is 7.65. The van der Waals surface area contributed by atoms with Crippen molar-refractivity contribution >= 4 is 18.3 Å². The lowest BCUT2D eigenvalue weighted by Gasteiger charge is -2.15. The molecule has 94 valence electrons. The molecule has 2 rings (SSSR count). The van der Waals surface area contributed by atoms with Crippen molar-refractivity contribution in [2.75, 3.05) is 13.1 Å². The molecule has 1 amide bonds. The quantitative estimate of drug-likeness (QED) is 0.837. The van der Waals surface area contributed by atoms with Gasteiger partial charge < -0.3 is 11.5 Å². The first-order valence-corrected chi connectivity index (χ1v) is 5.52. The zero-order chi connectivity index (χ0) is 11.5. The highest BCUT2D eigenvalue weighted by molar-refractivity contribution is 5.92. The molecule has 1 unspecified atom stereocenters. The lowest BCUT2D eigenvalue weighted by molar-refractivity contribution is 0.100. The van der Waals surface area contributed by atoms with Crippen LogP contribution in [0.15, 0.2) is 24.3 Å². The number of carbonyl (C=O) groups is 1. The van der Waals surface area contributed by atoms with Crippen molar-refractivity contribution in [1.29, 1.82) is 0 Å². The summed E-state index contributed by atoms with van der Waals surface area (Å²) < 4.78 is 0. The zero-order valence-electron chi connectivity index (χ0n) is 9.63. The molecule has 0 aliphatic carbocycles. The van der Waals surface area contributed by atoms with Crippen LogP contribution < -0.4 is 11.5 Å². The van der Waals surface area contributed by atoms with E-state index in [1.165, 1.54) is 5.56 Å². The second-order valence-corrected chi connectivity index (χ2v) is 4.35. The maximum absolute atomic E-state index is 10.9. The number of halogens is 1. The molecule has 1 aliphatic rings. The Morgan fingerprint density at radius 2 is 2.00 bits per heavy atom. The molecular weight excluding hydrogens is 238 g/mol. The lowest BCUT2D eigenvalue weighted by Crippen LogP contribution is -2.26. The van der Waals surface area contributed by atoms with Crippen LogP contribution in [0.2, 0.25) is 0 Å². The van der Waals surface area contributed by atoms with E-state index in [0.717, 1.165) is 26.1 Å². The molecule has 0 radical (unpaired) electrons. The first-order valence-electron chi connectivity index (χ1n) is 5.52. The van der Waals surface area contributed by atoms with Crippen LogP contribution in [-0.4, -0.2) is 29.9 Å². The maximum atomic E-state index is 10.9. The number of nitrogens with two attached hydrogens (primary N) is 2. The summed E-state index contributed by atoms with van der Waals surface area (Å²) in [6, 6.07) is 7.75. The van der Waals surface area contributed by atoms with E-state index in [4.69, 9.17) is 11.5 Å². The largest absolute Gasteiger partial charge is 0.366 e. The van der Waals surface area contributed by atoms with Gasteiger partial charge in [0.15, 0.2) is 0 Å². The maximum Gasteiger partial charge on any atom is 0.248 e. The van der Waals surface area contributed by atoms with E-state index in [0.29, 0.717) is 11.6 Å². The Morgan fingerprint density at radius 3 is 2.47 bits per heavy atom. The van der Waals surface area contributed by atoms with E-state index >= 15 is 0 Å². The van der Waals surface area contributed by atoms with E-state index < -0.39 is 0 Å². The van der Waals surface area contributed by atoms with Gasteiger partial charge in [0.25, 0.3) is 0 Å². The minimum Gasteiger partial charge on any atom is -0.366 e. The standard InChI is InChI=1S/C12H17N3O.ClH/c13-11-5-6-15(8-11)7-9-1-3-10(4-2-9)12(14)16;/h1-4,11H,5-8,13H2,(H2,14,16);1H. The summed E-state index contributed by atoms with van der Waals surface area (Å²) in [5.41, 5.74) is 12.8. The fraction of sp³-hybridized carbons (Fsp3) is 0.417. The van der Waals surface area contributed by atoms with Gasteiger partial charge in [0, 0.05) is 31.2 Å². The van der Waals surface area contributed by atoms with Gasteiger partial charge in [-0.3, -0.25) is 9.69 Å². The fourth-order valence-corrected chi connectivity index (χ4v) is 2.04. The highest BCUT2D eigenvalue weighted by Gasteiger charge is 2.18. The molecular formula is C12H18ClN3O. The molecule has 1 aromatic carbocycles. The summed E-state index contributed by atoms with van der Waals surface area (Å²) >= 11 is 0. The highest BCUT2D eigenvalue weighted by atomic mass is 35.5. The number of amides is 1. The van der Waals surface area contributed by atoms with Crippen LogP contribution in [-0.2, 0) is 6.54 Å². The number of nitrogens with zero attached hydrogens (tertiary/aromatic N) is 1. The summed E-state index contributed by atoms with van der Waals surface area (Å²) in [6.45, 7) is 2.91. The van der Waals surface area contributed by atoms with Crippen LogP contribution in [0.25, 0.3) is 0 Å². The number of benzene rings is 1. The summed E-state index contributed by atoms with van der Waals surface area (Å²) in [7, 11) is 0. The van der Waals surface area contributed by atoms with Crippen molar-refractivity contribution in [1.82, 2.24) is 4.90 Å². The van der Waals surface area contributed by atoms with Gasteiger partial charge in [-0.1, -0.05) is 12.1 Å². The van der Waals surface area contributed by atoms with Crippen LogP contribution in [0, 0.1) is 0 Å². The van der Waals surface area contributed by atoms with Gasteiger partial charge in [0.05, 0.1) is 0 Å². The smallest absolute Gasteiger partial charge is 0.248 e. The SMILES string of the molecule is Cl.NC(=O)c1ccc(CN2CCC(N)C2)cc1. The number of carbonyl (C=O) groups excluding carboxylic acids is 1. The van der Waals surface area contributed by atoms with Crippen LogP contribution >= 0.6 is 12.4 Å². The summed E-state index contributed by atoms with van der Waals surface area (Å²) in [4.78, 5) is 13.2. The normalized spacial score (nSPS) is 19.9. The average Bonchev–Trinajstić information content (AvgIpc) is 2.65. The Labute approximate surface area is 107 Å². The van der Waals surface area contributed by atoms with Gasteiger partial charge in [-0.2, -0.15) is 0 Å². The summed E-state index contributed by atoms with van der Waals surface area (Å²) in [5.74, 6) is -0.380. The molecule has 1 aromatic rings. The number of likely N-dealkylation sites (tertiary alicyclic amines) is 1. The van der Waals surface area contributed by atoms with E-state index in [9.17, 15) is 4.79 Å². The van der Waals surface area contributed by atoms with E-state index in [2.05, 4.69) is 4.90 Å². The number of hydrogen-bond donors (Lipinski definition) is 2. The van der Waals surface area contributed by atoms with E-state index in [1.807, 2.05) is 12.1 Å². The second-order valence-electron chi connectivity index (χ2n) is 4.35. The van der Waals surface area contributed by atoms with Crippen LogP contribution in [0.4, 0.5) is 0 Å². The van der Waals surface area contributed by atoms with Crippen molar-refractivity contribution in [3.05, 3.63) is 35.4 Å². The predicted octanol–water partition coefficient (Wildman–Crippen LogP) is 0.740. The number of rotatable bonds is 3. The van der Waals surface area contributed by atoms with Crippen molar-refractivity contribution in [2.24, 2.45) is 11.5 Å². The number of primary amides is 1. The topological polar surface area (TPSA) is 72.4 Å². The molecule has 4 nitrogen and oxygen atoms in total. The third kappa shape index (κ3) is 3.70. The van der Waals surface area contributed by atoms with Gasteiger partial charge in [-0.05, 0) is 24.1 Å². The molecule has 1 fully saturated rings. The Balaban J connectivity index is 0.00000144. The molecule has 0 bridgehead atoms. The average molecular weight is 256 g/mol. The van der Waals surface area contributed by atoms with Gasteiger partial charge >= 0.3 is 0 Å². The third-order valence-corrected chi connectivity index (χ3v) is 2.95. The van der Waals surface area contributed by atoms with Gasteiger partial charge in [-0.25, -0.2) is 0 Å². The van der Waals surface area contributed by atoms with Crippen LogP contribution in [0.3, 0.4) is 0 Å². The molecule has 0 aromatic heterocycles. The third-order valence-electron chi connectivity index (χ3n) is 2.95. The number of hydrogen-bond acceptors (Lipinski definition) is 3. The molecule has 1 aliphatic heterocycles. The minimum absolute atomic E-state index is 0. The van der Waals surface area contributed by atoms with Crippen molar-refractivity contribution in [2.45, 2.75) is 19.0 Å². The Bertz CT molecular complexity index is 380. The summed E-state index contributed by atoms with van der Waals surface area (Å²) in [5, 5.41) is 0. The highest BCUT2D eigenvalue weighted by Crippen LogP contribution is 2.12. The molecule has 1 atom stereocenters. The molecule has 1 heterocycles. The Morgan fingerprint density at radius 1 is 1.35 bits per heavy atom. The molecule has 0 saturated carbocycles. The lowest BCUT2D eigenvalue weighted by atomic mass is 10.1. The van der Waals surface area contributed by atoms with Crippen molar-refractivity contribution < 1.29 is 4.79 Å². The Kier molecular flexibility index (Phi) is 4.93. The molecule has 17 heavy (non-hydrogen) atoms. The van der Waals surface area contributed by atoms with Gasteiger partial charge in [0.1, 0.15) is 0 Å². The summed E-state index contributed by atoms with van der Waals surface area (Å²) in [6.07, 6.45) is 1.07. The molecule has 4 N–H and O–H groups in total. The molecule has 5 heteroatoms. The first kappa shape index (κ1) is 14.0. The minimum atomic E-state index is -0.380.